The molecule has 19 heavy (non-hydrogen) atoms. The van der Waals surface area contributed by atoms with Crippen molar-refractivity contribution >= 4 is 0 Å². The molecule has 0 atom stereocenters. The summed E-state index contributed by atoms with van der Waals surface area (Å²) in [5.74, 6) is 2.52. The van der Waals surface area contributed by atoms with Crippen molar-refractivity contribution in [2.24, 2.45) is 5.92 Å². The summed E-state index contributed by atoms with van der Waals surface area (Å²) in [6.07, 6.45) is 5.59. The van der Waals surface area contributed by atoms with Crippen LogP contribution in [0.1, 0.15) is 38.2 Å². The summed E-state index contributed by atoms with van der Waals surface area (Å²) >= 11 is 0. The molecule has 106 valence electrons. The van der Waals surface area contributed by atoms with Gasteiger partial charge in [-0.05, 0) is 49.9 Å². The third-order valence-corrected chi connectivity index (χ3v) is 3.76. The fourth-order valence-corrected chi connectivity index (χ4v) is 2.73. The Morgan fingerprint density at radius 1 is 1.21 bits per heavy atom. The zero-order valence-corrected chi connectivity index (χ0v) is 12.1. The van der Waals surface area contributed by atoms with Crippen LogP contribution in [-0.4, -0.2) is 20.3 Å². The van der Waals surface area contributed by atoms with E-state index in [1.807, 2.05) is 13.0 Å². The van der Waals surface area contributed by atoms with Gasteiger partial charge in [-0.2, -0.15) is 0 Å². The molecule has 1 aromatic rings. The highest BCUT2D eigenvalue weighted by molar-refractivity contribution is 5.42. The summed E-state index contributed by atoms with van der Waals surface area (Å²) in [6.45, 7) is 4.69. The standard InChI is InChI=1S/C16H25NO2/c1-3-19-16-10-14(8-9-15(16)18-2)12-17-11-13-6-4-5-7-13/h8-10,13,17H,3-7,11-12H2,1-2H3. The monoisotopic (exact) mass is 263 g/mol. The highest BCUT2D eigenvalue weighted by atomic mass is 16.5. The smallest absolute Gasteiger partial charge is 0.161 e. The number of rotatable bonds is 7. The molecule has 0 radical (unpaired) electrons. The number of ether oxygens (including phenoxy) is 2. The van der Waals surface area contributed by atoms with Gasteiger partial charge in [0.25, 0.3) is 0 Å². The maximum atomic E-state index is 5.60. The lowest BCUT2D eigenvalue weighted by atomic mass is 10.1. The maximum absolute atomic E-state index is 5.60. The molecule has 0 amide bonds. The van der Waals surface area contributed by atoms with Crippen molar-refractivity contribution in [3.05, 3.63) is 23.8 Å². The topological polar surface area (TPSA) is 30.5 Å². The van der Waals surface area contributed by atoms with Crippen LogP contribution >= 0.6 is 0 Å². The van der Waals surface area contributed by atoms with Crippen LogP contribution in [0.5, 0.6) is 11.5 Å². The van der Waals surface area contributed by atoms with Crippen molar-refractivity contribution in [2.75, 3.05) is 20.3 Å². The Balaban J connectivity index is 1.86. The van der Waals surface area contributed by atoms with Crippen molar-refractivity contribution in [3.63, 3.8) is 0 Å². The van der Waals surface area contributed by atoms with Gasteiger partial charge >= 0.3 is 0 Å². The van der Waals surface area contributed by atoms with E-state index in [4.69, 9.17) is 9.47 Å². The number of methoxy groups -OCH3 is 1. The van der Waals surface area contributed by atoms with Gasteiger partial charge in [0.15, 0.2) is 11.5 Å². The van der Waals surface area contributed by atoms with Gasteiger partial charge in [0.2, 0.25) is 0 Å². The van der Waals surface area contributed by atoms with Crippen LogP contribution in [0.15, 0.2) is 18.2 Å². The van der Waals surface area contributed by atoms with Crippen LogP contribution in [0.3, 0.4) is 0 Å². The third-order valence-electron chi connectivity index (χ3n) is 3.76. The Labute approximate surface area is 116 Å². The minimum Gasteiger partial charge on any atom is -0.493 e. The van der Waals surface area contributed by atoms with Crippen molar-refractivity contribution in [2.45, 2.75) is 39.2 Å². The quantitative estimate of drug-likeness (QED) is 0.818. The predicted molar refractivity (Wildman–Crippen MR) is 77.8 cm³/mol. The molecule has 3 nitrogen and oxygen atoms in total. The van der Waals surface area contributed by atoms with Gasteiger partial charge in [0.05, 0.1) is 13.7 Å². The summed E-state index contributed by atoms with van der Waals surface area (Å²) < 4.78 is 10.9. The molecule has 1 saturated carbocycles. The third kappa shape index (κ3) is 4.13. The van der Waals surface area contributed by atoms with Gasteiger partial charge in [-0.3, -0.25) is 0 Å². The molecule has 0 heterocycles. The second-order valence-electron chi connectivity index (χ2n) is 5.20. The lowest BCUT2D eigenvalue weighted by molar-refractivity contribution is 0.310. The SMILES string of the molecule is CCOc1cc(CNCC2CCCC2)ccc1OC. The zero-order valence-electron chi connectivity index (χ0n) is 12.1. The molecule has 0 saturated heterocycles. The Hall–Kier alpha value is -1.22. The van der Waals surface area contributed by atoms with E-state index in [-0.39, 0.29) is 0 Å². The fraction of sp³-hybridized carbons (Fsp3) is 0.625. The first-order valence-corrected chi connectivity index (χ1v) is 7.34. The molecule has 1 fully saturated rings. The van der Waals surface area contributed by atoms with E-state index in [0.717, 1.165) is 30.5 Å². The summed E-state index contributed by atoms with van der Waals surface area (Å²) in [4.78, 5) is 0. The van der Waals surface area contributed by atoms with Gasteiger partial charge < -0.3 is 14.8 Å². The van der Waals surface area contributed by atoms with Gasteiger partial charge in [-0.1, -0.05) is 18.9 Å². The molecule has 3 heteroatoms. The van der Waals surface area contributed by atoms with E-state index in [1.54, 1.807) is 7.11 Å². The molecule has 0 bridgehead atoms. The number of benzene rings is 1. The molecule has 0 aliphatic heterocycles. The highest BCUT2D eigenvalue weighted by Crippen LogP contribution is 2.28. The normalized spacial score (nSPS) is 15.7. The molecule has 1 aromatic carbocycles. The van der Waals surface area contributed by atoms with E-state index < -0.39 is 0 Å². The van der Waals surface area contributed by atoms with Crippen LogP contribution in [0, 0.1) is 5.92 Å². The lowest BCUT2D eigenvalue weighted by Crippen LogP contribution is -2.20. The van der Waals surface area contributed by atoms with Crippen molar-refractivity contribution in [1.29, 1.82) is 0 Å². The van der Waals surface area contributed by atoms with Gasteiger partial charge in [-0.25, -0.2) is 0 Å². The Bertz CT molecular complexity index is 386. The largest absolute Gasteiger partial charge is 0.493 e. The minimum atomic E-state index is 0.662. The summed E-state index contributed by atoms with van der Waals surface area (Å²) in [6, 6.07) is 6.16. The Morgan fingerprint density at radius 3 is 2.68 bits per heavy atom. The average Bonchev–Trinajstić information content (AvgIpc) is 2.93. The molecular formula is C16H25NO2. The Morgan fingerprint density at radius 2 is 2.00 bits per heavy atom. The van der Waals surface area contributed by atoms with E-state index >= 15 is 0 Å². The van der Waals surface area contributed by atoms with E-state index in [1.165, 1.54) is 31.2 Å². The second-order valence-corrected chi connectivity index (χ2v) is 5.20. The molecule has 1 N–H and O–H groups in total. The first kappa shape index (κ1) is 14.2. The van der Waals surface area contributed by atoms with E-state index in [0.29, 0.717) is 6.61 Å². The fourth-order valence-electron chi connectivity index (χ4n) is 2.73. The zero-order chi connectivity index (χ0) is 13.5. The predicted octanol–water partition coefficient (Wildman–Crippen LogP) is 3.37. The van der Waals surface area contributed by atoms with Crippen molar-refractivity contribution < 1.29 is 9.47 Å². The minimum absolute atomic E-state index is 0.662. The molecule has 0 aromatic heterocycles. The van der Waals surface area contributed by atoms with E-state index in [2.05, 4.69) is 17.4 Å². The van der Waals surface area contributed by atoms with Gasteiger partial charge in [-0.15, -0.1) is 0 Å². The maximum Gasteiger partial charge on any atom is 0.161 e. The average molecular weight is 263 g/mol. The lowest BCUT2D eigenvalue weighted by Gasteiger charge is -2.13. The molecule has 2 rings (SSSR count). The van der Waals surface area contributed by atoms with Crippen molar-refractivity contribution in [1.82, 2.24) is 5.32 Å². The summed E-state index contributed by atoms with van der Waals surface area (Å²) in [5.41, 5.74) is 1.25. The molecule has 0 spiro atoms. The number of nitrogens with one attached hydrogen (secondary N) is 1. The van der Waals surface area contributed by atoms with Gasteiger partial charge in [0, 0.05) is 6.54 Å². The second kappa shape index (κ2) is 7.39. The van der Waals surface area contributed by atoms with Crippen molar-refractivity contribution in [3.8, 4) is 11.5 Å². The van der Waals surface area contributed by atoms with Crippen LogP contribution < -0.4 is 14.8 Å². The van der Waals surface area contributed by atoms with Gasteiger partial charge in [0.1, 0.15) is 0 Å². The first-order valence-electron chi connectivity index (χ1n) is 7.34. The van der Waals surface area contributed by atoms with Crippen LogP contribution in [-0.2, 0) is 6.54 Å². The molecular weight excluding hydrogens is 238 g/mol. The molecule has 0 unspecified atom stereocenters. The molecule has 1 aliphatic rings. The number of hydrogen-bond acceptors (Lipinski definition) is 3. The Kier molecular flexibility index (Phi) is 5.52. The molecule has 1 aliphatic carbocycles. The highest BCUT2D eigenvalue weighted by Gasteiger charge is 2.14. The van der Waals surface area contributed by atoms with Crippen LogP contribution in [0.4, 0.5) is 0 Å². The first-order chi connectivity index (χ1) is 9.33. The summed E-state index contributed by atoms with van der Waals surface area (Å²) in [7, 11) is 1.68. The summed E-state index contributed by atoms with van der Waals surface area (Å²) in [5, 5.41) is 3.55. The van der Waals surface area contributed by atoms with E-state index in [9.17, 15) is 0 Å². The van der Waals surface area contributed by atoms with Crippen LogP contribution in [0.25, 0.3) is 0 Å². The van der Waals surface area contributed by atoms with Crippen LogP contribution in [0.2, 0.25) is 0 Å². The number of hydrogen-bond donors (Lipinski definition) is 1.